The predicted molar refractivity (Wildman–Crippen MR) is 133 cm³/mol. The van der Waals surface area contributed by atoms with E-state index in [2.05, 4.69) is 5.32 Å². The summed E-state index contributed by atoms with van der Waals surface area (Å²) in [5, 5.41) is 3.56. The summed E-state index contributed by atoms with van der Waals surface area (Å²) in [5.74, 6) is -0.879. The summed E-state index contributed by atoms with van der Waals surface area (Å²) in [5.41, 5.74) is 0.900. The average molecular weight is 514 g/mol. The first-order chi connectivity index (χ1) is 15.4. The minimum atomic E-state index is -3.84. The summed E-state index contributed by atoms with van der Waals surface area (Å²) in [4.78, 5) is 27.6. The zero-order chi connectivity index (χ0) is 24.8. The molecule has 0 unspecified atom stereocenters. The number of nitrogens with one attached hydrogen (secondary N) is 1. The largest absolute Gasteiger partial charge is 0.352 e. The molecule has 0 saturated carbocycles. The Hall–Kier alpha value is -2.29. The summed E-state index contributed by atoms with van der Waals surface area (Å²) in [7, 11) is -3.84. The van der Waals surface area contributed by atoms with Crippen LogP contribution in [0.25, 0.3) is 0 Å². The smallest absolute Gasteiger partial charge is 0.244 e. The van der Waals surface area contributed by atoms with E-state index in [9.17, 15) is 18.0 Å². The van der Waals surface area contributed by atoms with Crippen LogP contribution in [0.15, 0.2) is 48.5 Å². The number of sulfonamides is 1. The Labute approximate surface area is 205 Å². The number of benzene rings is 2. The molecule has 0 aromatic heterocycles. The Bertz CT molecular complexity index is 1090. The van der Waals surface area contributed by atoms with Crippen LogP contribution < -0.4 is 9.62 Å². The van der Waals surface area contributed by atoms with Crippen molar-refractivity contribution in [1.82, 2.24) is 10.2 Å². The second-order valence-electron chi connectivity index (χ2n) is 7.87. The van der Waals surface area contributed by atoms with E-state index < -0.39 is 28.5 Å². The van der Waals surface area contributed by atoms with Gasteiger partial charge in [0.05, 0.1) is 17.0 Å². The highest BCUT2D eigenvalue weighted by Crippen LogP contribution is 2.27. The SMILES string of the molecule is CC[C@@H](C)NC(=O)[C@H](C)N(Cc1cccc(Cl)c1)C(=O)CN(c1ccccc1Cl)S(C)(=O)=O. The number of carbonyl (C=O) groups excluding carboxylic acids is 2. The number of hydrogen-bond acceptors (Lipinski definition) is 4. The van der Waals surface area contributed by atoms with E-state index >= 15 is 0 Å². The minimum Gasteiger partial charge on any atom is -0.352 e. The molecule has 0 aliphatic heterocycles. The fraction of sp³-hybridized carbons (Fsp3) is 0.391. The van der Waals surface area contributed by atoms with Gasteiger partial charge in [0.15, 0.2) is 0 Å². The minimum absolute atomic E-state index is 0.0706. The average Bonchev–Trinajstić information content (AvgIpc) is 2.75. The van der Waals surface area contributed by atoms with E-state index in [1.807, 2.05) is 13.8 Å². The van der Waals surface area contributed by atoms with Crippen molar-refractivity contribution in [1.29, 1.82) is 0 Å². The van der Waals surface area contributed by atoms with Gasteiger partial charge in [0, 0.05) is 17.6 Å². The summed E-state index contributed by atoms with van der Waals surface area (Å²) < 4.78 is 26.0. The van der Waals surface area contributed by atoms with Crippen LogP contribution in [-0.2, 0) is 26.2 Å². The van der Waals surface area contributed by atoms with E-state index in [4.69, 9.17) is 23.2 Å². The third kappa shape index (κ3) is 7.62. The molecule has 0 bridgehead atoms. The monoisotopic (exact) mass is 513 g/mol. The first-order valence-electron chi connectivity index (χ1n) is 10.5. The highest BCUT2D eigenvalue weighted by Gasteiger charge is 2.31. The maximum absolute atomic E-state index is 13.4. The summed E-state index contributed by atoms with van der Waals surface area (Å²) in [6.45, 7) is 4.99. The molecule has 7 nitrogen and oxygen atoms in total. The van der Waals surface area contributed by atoms with Crippen LogP contribution in [0.4, 0.5) is 5.69 Å². The predicted octanol–water partition coefficient (Wildman–Crippen LogP) is 4.09. The lowest BCUT2D eigenvalue weighted by Crippen LogP contribution is -2.52. The fourth-order valence-electron chi connectivity index (χ4n) is 3.13. The number of nitrogens with zero attached hydrogens (tertiary/aromatic N) is 2. The van der Waals surface area contributed by atoms with Crippen molar-refractivity contribution in [2.24, 2.45) is 0 Å². The molecule has 33 heavy (non-hydrogen) atoms. The quantitative estimate of drug-likeness (QED) is 0.518. The molecule has 2 amide bonds. The number of amides is 2. The Morgan fingerprint density at radius 2 is 1.73 bits per heavy atom. The van der Waals surface area contributed by atoms with E-state index in [1.165, 1.54) is 11.0 Å². The highest BCUT2D eigenvalue weighted by atomic mass is 35.5. The number of anilines is 1. The lowest BCUT2D eigenvalue weighted by Gasteiger charge is -2.32. The first kappa shape index (κ1) is 27.0. The normalized spacial score (nSPS) is 13.2. The molecule has 2 aromatic rings. The van der Waals surface area contributed by atoms with Gasteiger partial charge in [0.25, 0.3) is 0 Å². The van der Waals surface area contributed by atoms with E-state index in [0.29, 0.717) is 10.6 Å². The van der Waals surface area contributed by atoms with Gasteiger partial charge in [-0.3, -0.25) is 13.9 Å². The molecule has 1 N–H and O–H groups in total. The van der Waals surface area contributed by atoms with Crippen LogP contribution in [0.2, 0.25) is 10.0 Å². The van der Waals surface area contributed by atoms with Crippen molar-refractivity contribution in [2.45, 2.75) is 45.8 Å². The highest BCUT2D eigenvalue weighted by molar-refractivity contribution is 7.92. The standard InChI is InChI=1S/C23H29Cl2N3O4S/c1-5-16(2)26-23(30)17(3)27(14-18-9-8-10-19(24)13-18)22(29)15-28(33(4,31)32)21-12-7-6-11-20(21)25/h6-13,16-17H,5,14-15H2,1-4H3,(H,26,30)/t16-,17+/m1/s1. The second kappa shape index (κ2) is 11.7. The van der Waals surface area contributed by atoms with Gasteiger partial charge < -0.3 is 10.2 Å². The van der Waals surface area contributed by atoms with Gasteiger partial charge >= 0.3 is 0 Å². The molecular formula is C23H29Cl2N3O4S. The Balaban J connectivity index is 2.40. The zero-order valence-electron chi connectivity index (χ0n) is 19.1. The molecule has 0 aliphatic carbocycles. The van der Waals surface area contributed by atoms with E-state index in [-0.39, 0.29) is 29.2 Å². The maximum Gasteiger partial charge on any atom is 0.244 e. The molecule has 0 aliphatic rings. The first-order valence-corrected chi connectivity index (χ1v) is 13.1. The summed E-state index contributed by atoms with van der Waals surface area (Å²) in [6, 6.07) is 12.4. The van der Waals surface area contributed by atoms with Crippen molar-refractivity contribution in [3.63, 3.8) is 0 Å². The fourth-order valence-corrected chi connectivity index (χ4v) is 4.49. The van der Waals surface area contributed by atoms with Crippen LogP contribution >= 0.6 is 23.2 Å². The van der Waals surface area contributed by atoms with Crippen LogP contribution in [-0.4, -0.2) is 50.0 Å². The Morgan fingerprint density at radius 1 is 1.06 bits per heavy atom. The number of halogens is 2. The molecule has 2 atom stereocenters. The number of para-hydroxylation sites is 1. The van der Waals surface area contributed by atoms with Gasteiger partial charge in [0.1, 0.15) is 12.6 Å². The van der Waals surface area contributed by atoms with Crippen LogP contribution in [0.1, 0.15) is 32.8 Å². The molecule has 2 aromatic carbocycles. The topological polar surface area (TPSA) is 86.8 Å². The van der Waals surface area contributed by atoms with Crippen molar-refractivity contribution >= 4 is 50.7 Å². The third-order valence-corrected chi connectivity index (χ3v) is 6.89. The molecular weight excluding hydrogens is 485 g/mol. The van der Waals surface area contributed by atoms with Gasteiger partial charge in [-0.05, 0) is 50.1 Å². The van der Waals surface area contributed by atoms with Crippen molar-refractivity contribution in [3.8, 4) is 0 Å². The Kier molecular flexibility index (Phi) is 9.57. The van der Waals surface area contributed by atoms with Gasteiger partial charge in [-0.2, -0.15) is 0 Å². The summed E-state index contributed by atoms with van der Waals surface area (Å²) in [6.07, 6.45) is 1.74. The molecule has 0 saturated heterocycles. The summed E-state index contributed by atoms with van der Waals surface area (Å²) >= 11 is 12.3. The lowest BCUT2D eigenvalue weighted by molar-refractivity contribution is -0.139. The van der Waals surface area contributed by atoms with Gasteiger partial charge in [-0.25, -0.2) is 8.42 Å². The number of rotatable bonds is 10. The molecule has 0 radical (unpaired) electrons. The number of carbonyl (C=O) groups is 2. The van der Waals surface area contributed by atoms with E-state index in [1.54, 1.807) is 49.4 Å². The van der Waals surface area contributed by atoms with Gasteiger partial charge in [-0.1, -0.05) is 54.4 Å². The van der Waals surface area contributed by atoms with Crippen molar-refractivity contribution < 1.29 is 18.0 Å². The second-order valence-corrected chi connectivity index (χ2v) is 10.6. The lowest BCUT2D eigenvalue weighted by atomic mass is 10.1. The van der Waals surface area contributed by atoms with Gasteiger partial charge in [0.2, 0.25) is 21.8 Å². The zero-order valence-corrected chi connectivity index (χ0v) is 21.4. The maximum atomic E-state index is 13.4. The van der Waals surface area contributed by atoms with Gasteiger partial charge in [-0.15, -0.1) is 0 Å². The van der Waals surface area contributed by atoms with E-state index in [0.717, 1.165) is 17.0 Å². The van der Waals surface area contributed by atoms with Crippen molar-refractivity contribution in [3.05, 3.63) is 64.1 Å². The van der Waals surface area contributed by atoms with Crippen molar-refractivity contribution in [2.75, 3.05) is 17.1 Å². The van der Waals surface area contributed by atoms with Crippen LogP contribution in [0.3, 0.4) is 0 Å². The molecule has 180 valence electrons. The molecule has 10 heteroatoms. The molecule has 0 heterocycles. The Morgan fingerprint density at radius 3 is 2.30 bits per heavy atom. The third-order valence-electron chi connectivity index (χ3n) is 5.21. The van der Waals surface area contributed by atoms with Crippen LogP contribution in [0.5, 0.6) is 0 Å². The van der Waals surface area contributed by atoms with Crippen LogP contribution in [0, 0.1) is 0 Å². The molecule has 0 spiro atoms. The number of hydrogen-bond donors (Lipinski definition) is 1. The molecule has 2 rings (SSSR count). The molecule has 0 fully saturated rings.